The number of nitrogens with one attached hydrogen (secondary N) is 1. The minimum atomic E-state index is 0.0138. The number of piperazine rings is 1. The average Bonchev–Trinajstić information content (AvgIpc) is 3.02. The number of aromatic nitrogens is 2. The molecule has 1 fully saturated rings. The van der Waals surface area contributed by atoms with Crippen LogP contribution in [-0.4, -0.2) is 54.0 Å². The van der Waals surface area contributed by atoms with Crippen LogP contribution in [0.3, 0.4) is 0 Å². The molecular formula is C19H27N5OS. The third kappa shape index (κ3) is 4.40. The summed E-state index contributed by atoms with van der Waals surface area (Å²) in [6.45, 7) is 9.86. The van der Waals surface area contributed by atoms with E-state index in [9.17, 15) is 4.79 Å². The van der Waals surface area contributed by atoms with Gasteiger partial charge in [-0.3, -0.25) is 4.79 Å². The molecule has 26 heavy (non-hydrogen) atoms. The van der Waals surface area contributed by atoms with E-state index in [1.54, 1.807) is 11.3 Å². The predicted molar refractivity (Wildman–Crippen MR) is 107 cm³/mol. The molecule has 0 aliphatic carbocycles. The lowest BCUT2D eigenvalue weighted by molar-refractivity contribution is -0.116. The van der Waals surface area contributed by atoms with Gasteiger partial charge in [-0.05, 0) is 51.2 Å². The van der Waals surface area contributed by atoms with Crippen LogP contribution >= 0.6 is 11.3 Å². The van der Waals surface area contributed by atoms with Crippen molar-refractivity contribution in [3.05, 3.63) is 33.3 Å². The summed E-state index contributed by atoms with van der Waals surface area (Å²) in [6, 6.07) is 2.09. The van der Waals surface area contributed by atoms with Crippen molar-refractivity contribution in [1.29, 1.82) is 0 Å². The Hall–Kier alpha value is -1.99. The fourth-order valence-corrected chi connectivity index (χ4v) is 4.03. The molecule has 3 heterocycles. The summed E-state index contributed by atoms with van der Waals surface area (Å²) >= 11 is 1.71. The maximum atomic E-state index is 12.4. The molecule has 0 spiro atoms. The minimum Gasteiger partial charge on any atom is -0.338 e. The number of amides is 1. The zero-order valence-corrected chi connectivity index (χ0v) is 16.8. The summed E-state index contributed by atoms with van der Waals surface area (Å²) in [5, 5.41) is 5.08. The van der Waals surface area contributed by atoms with E-state index >= 15 is 0 Å². The Morgan fingerprint density at radius 3 is 2.38 bits per heavy atom. The number of anilines is 2. The van der Waals surface area contributed by atoms with Gasteiger partial charge in [-0.15, -0.1) is 11.3 Å². The third-order valence-electron chi connectivity index (χ3n) is 4.86. The number of nitrogens with zero attached hydrogens (tertiary/aromatic N) is 4. The van der Waals surface area contributed by atoms with Crippen molar-refractivity contribution in [2.24, 2.45) is 0 Å². The quantitative estimate of drug-likeness (QED) is 0.873. The molecule has 3 rings (SSSR count). The van der Waals surface area contributed by atoms with Gasteiger partial charge in [-0.2, -0.15) is 0 Å². The van der Waals surface area contributed by atoms with Crippen molar-refractivity contribution in [3.63, 3.8) is 0 Å². The van der Waals surface area contributed by atoms with E-state index in [1.165, 1.54) is 10.4 Å². The number of hydrogen-bond donors (Lipinski definition) is 1. The van der Waals surface area contributed by atoms with Crippen molar-refractivity contribution in [2.45, 2.75) is 33.6 Å². The highest BCUT2D eigenvalue weighted by Crippen LogP contribution is 2.22. The van der Waals surface area contributed by atoms with Crippen molar-refractivity contribution in [2.75, 3.05) is 43.4 Å². The second-order valence-electron chi connectivity index (χ2n) is 6.93. The van der Waals surface area contributed by atoms with E-state index in [0.717, 1.165) is 55.6 Å². The molecule has 1 aliphatic rings. The van der Waals surface area contributed by atoms with Crippen LogP contribution in [0.4, 0.5) is 11.6 Å². The first-order valence-electron chi connectivity index (χ1n) is 9.05. The summed E-state index contributed by atoms with van der Waals surface area (Å²) < 4.78 is 0. The van der Waals surface area contributed by atoms with Crippen LogP contribution in [-0.2, 0) is 11.2 Å². The van der Waals surface area contributed by atoms with Gasteiger partial charge < -0.3 is 15.1 Å². The van der Waals surface area contributed by atoms with Crippen LogP contribution < -0.4 is 10.2 Å². The number of carbonyl (C=O) groups is 1. The number of rotatable bonds is 5. The van der Waals surface area contributed by atoms with Gasteiger partial charge >= 0.3 is 0 Å². The van der Waals surface area contributed by atoms with Gasteiger partial charge in [0.05, 0.1) is 17.1 Å². The highest BCUT2D eigenvalue weighted by molar-refractivity contribution is 7.10. The van der Waals surface area contributed by atoms with E-state index in [1.807, 2.05) is 13.8 Å². The van der Waals surface area contributed by atoms with Gasteiger partial charge in [-0.25, -0.2) is 9.97 Å². The summed E-state index contributed by atoms with van der Waals surface area (Å²) in [5.74, 6) is 0.778. The maximum Gasteiger partial charge on any atom is 0.225 e. The molecule has 1 aliphatic heterocycles. The lowest BCUT2D eigenvalue weighted by Crippen LogP contribution is -2.45. The smallest absolute Gasteiger partial charge is 0.225 e. The maximum absolute atomic E-state index is 12.4. The topological polar surface area (TPSA) is 61.4 Å². The van der Waals surface area contributed by atoms with Gasteiger partial charge in [0, 0.05) is 37.5 Å². The zero-order valence-electron chi connectivity index (χ0n) is 16.0. The fraction of sp³-hybridized carbons (Fsp3) is 0.526. The minimum absolute atomic E-state index is 0.0138. The lowest BCUT2D eigenvalue weighted by Gasteiger charge is -2.32. The molecule has 140 valence electrons. The van der Waals surface area contributed by atoms with Crippen molar-refractivity contribution in [3.8, 4) is 0 Å². The van der Waals surface area contributed by atoms with Gasteiger partial charge in [0.15, 0.2) is 0 Å². The average molecular weight is 374 g/mol. The van der Waals surface area contributed by atoms with E-state index in [0.29, 0.717) is 6.42 Å². The number of likely N-dealkylation sites (N-methyl/N-ethyl adjacent to an activating group) is 1. The van der Waals surface area contributed by atoms with Crippen molar-refractivity contribution < 1.29 is 4.79 Å². The van der Waals surface area contributed by atoms with Crippen LogP contribution in [0.25, 0.3) is 0 Å². The molecule has 1 saturated heterocycles. The lowest BCUT2D eigenvalue weighted by atomic mass is 10.2. The van der Waals surface area contributed by atoms with Crippen LogP contribution in [0, 0.1) is 20.8 Å². The summed E-state index contributed by atoms with van der Waals surface area (Å²) in [6.07, 6.45) is 1.24. The molecule has 2 aromatic heterocycles. The molecular weight excluding hydrogens is 346 g/mol. The van der Waals surface area contributed by atoms with E-state index < -0.39 is 0 Å². The second kappa shape index (κ2) is 8.14. The third-order valence-corrected chi connectivity index (χ3v) is 5.94. The monoisotopic (exact) mass is 373 g/mol. The summed E-state index contributed by atoms with van der Waals surface area (Å²) in [5.41, 5.74) is 3.66. The molecule has 0 radical (unpaired) electrons. The standard InChI is InChI=1S/C19H27N5OS/c1-13-7-12-26-16(13)5-6-17(25)22-18-14(2)20-19(21-15(18)3)24-10-8-23(4)9-11-24/h7,12H,5-6,8-11H2,1-4H3,(H,22,25). The predicted octanol–water partition coefficient (Wildman–Crippen LogP) is 2.79. The molecule has 1 N–H and O–H groups in total. The SMILES string of the molecule is Cc1ccsc1CCC(=O)Nc1c(C)nc(N2CCN(C)CC2)nc1C. The Kier molecular flexibility index (Phi) is 5.88. The van der Waals surface area contributed by atoms with Gasteiger partial charge in [0.25, 0.3) is 0 Å². The second-order valence-corrected chi connectivity index (χ2v) is 7.94. The first-order chi connectivity index (χ1) is 12.4. The molecule has 0 unspecified atom stereocenters. The van der Waals surface area contributed by atoms with Gasteiger partial charge in [0.1, 0.15) is 0 Å². The molecule has 6 nitrogen and oxygen atoms in total. The van der Waals surface area contributed by atoms with Crippen molar-refractivity contribution in [1.82, 2.24) is 14.9 Å². The van der Waals surface area contributed by atoms with Gasteiger partial charge in [-0.1, -0.05) is 0 Å². The molecule has 0 bridgehead atoms. The largest absolute Gasteiger partial charge is 0.338 e. The summed E-state index contributed by atoms with van der Waals surface area (Å²) in [4.78, 5) is 27.4. The number of aryl methyl sites for hydroxylation is 4. The van der Waals surface area contributed by atoms with Crippen LogP contribution in [0.2, 0.25) is 0 Å². The summed E-state index contributed by atoms with van der Waals surface area (Å²) in [7, 11) is 2.13. The van der Waals surface area contributed by atoms with Crippen LogP contribution in [0.15, 0.2) is 11.4 Å². The highest BCUT2D eigenvalue weighted by Gasteiger charge is 2.19. The Bertz CT molecular complexity index is 757. The number of hydrogen-bond acceptors (Lipinski definition) is 6. The molecule has 1 amide bonds. The Balaban J connectivity index is 1.64. The van der Waals surface area contributed by atoms with Gasteiger partial charge in [0.2, 0.25) is 11.9 Å². The van der Waals surface area contributed by atoms with Crippen molar-refractivity contribution >= 4 is 28.9 Å². The molecule has 2 aromatic rings. The molecule has 0 aromatic carbocycles. The zero-order chi connectivity index (χ0) is 18.7. The van der Waals surface area contributed by atoms with Crippen LogP contribution in [0.1, 0.15) is 28.2 Å². The normalized spacial score (nSPS) is 15.3. The fourth-order valence-electron chi connectivity index (χ4n) is 3.12. The Morgan fingerprint density at radius 1 is 1.15 bits per heavy atom. The number of thiophene rings is 1. The first kappa shape index (κ1) is 18.8. The van der Waals surface area contributed by atoms with Crippen LogP contribution in [0.5, 0.6) is 0 Å². The molecule has 7 heteroatoms. The molecule has 0 atom stereocenters. The highest BCUT2D eigenvalue weighted by atomic mass is 32.1. The van der Waals surface area contributed by atoms with E-state index in [4.69, 9.17) is 0 Å². The first-order valence-corrected chi connectivity index (χ1v) is 9.93. The van der Waals surface area contributed by atoms with E-state index in [2.05, 4.69) is 50.5 Å². The van der Waals surface area contributed by atoms with E-state index in [-0.39, 0.29) is 5.91 Å². The number of carbonyl (C=O) groups excluding carboxylic acids is 1. The Labute approximate surface area is 159 Å². The molecule has 0 saturated carbocycles. The Morgan fingerprint density at radius 2 is 1.81 bits per heavy atom.